The van der Waals surface area contributed by atoms with Crippen molar-refractivity contribution in [3.63, 3.8) is 0 Å². The van der Waals surface area contributed by atoms with Crippen LogP contribution < -0.4 is 15.8 Å². The number of nitrogens with one attached hydrogen (secondary N) is 1. The first kappa shape index (κ1) is 21.0. The first-order chi connectivity index (χ1) is 14.5. The molecule has 2 aliphatic rings. The predicted octanol–water partition coefficient (Wildman–Crippen LogP) is 2.92. The van der Waals surface area contributed by atoms with Crippen molar-refractivity contribution in [2.75, 3.05) is 33.0 Å². The van der Waals surface area contributed by atoms with E-state index < -0.39 is 0 Å². The van der Waals surface area contributed by atoms with Gasteiger partial charge in [-0.2, -0.15) is 0 Å². The molecule has 1 amide bonds. The first-order valence-electron chi connectivity index (χ1n) is 10.3. The van der Waals surface area contributed by atoms with Crippen molar-refractivity contribution in [1.29, 1.82) is 0 Å². The molecule has 3 N–H and O–H groups in total. The lowest BCUT2D eigenvalue weighted by Crippen LogP contribution is -2.57. The zero-order valence-electron chi connectivity index (χ0n) is 17.4. The van der Waals surface area contributed by atoms with Crippen LogP contribution in [0.3, 0.4) is 0 Å². The van der Waals surface area contributed by atoms with Gasteiger partial charge in [0.05, 0.1) is 35.5 Å². The third kappa shape index (κ3) is 4.13. The summed E-state index contributed by atoms with van der Waals surface area (Å²) >= 11 is 6.12. The second-order valence-corrected chi connectivity index (χ2v) is 8.45. The molecule has 0 bridgehead atoms. The van der Waals surface area contributed by atoms with E-state index in [-0.39, 0.29) is 18.1 Å². The van der Waals surface area contributed by atoms with Crippen LogP contribution in [0.4, 0.5) is 5.69 Å². The highest BCUT2D eigenvalue weighted by Gasteiger charge is 2.36. The van der Waals surface area contributed by atoms with Gasteiger partial charge in [-0.05, 0) is 36.5 Å². The summed E-state index contributed by atoms with van der Waals surface area (Å²) in [6.07, 6.45) is 2.89. The Morgan fingerprint density at radius 3 is 2.53 bits per heavy atom. The molecule has 0 radical (unpaired) electrons. The standard InChI is InChI=1S/C23H28ClN3O3/c1-29-21-12-19(25)18(24)11-17(21)23(28)26-20-7-8-27(13-22(20)30-2)16-9-14-5-3-4-6-15(14)10-16/h3-6,11-12,16,20,22H,7-10,13,25H2,1-2H3,(H,26,28)/t20-,22+/m1/s1. The van der Waals surface area contributed by atoms with Crippen molar-refractivity contribution in [2.45, 2.75) is 37.5 Å². The van der Waals surface area contributed by atoms with E-state index in [2.05, 4.69) is 34.5 Å². The van der Waals surface area contributed by atoms with Gasteiger partial charge in [0.15, 0.2) is 0 Å². The van der Waals surface area contributed by atoms with Crippen LogP contribution in [0.2, 0.25) is 5.02 Å². The molecule has 0 spiro atoms. The van der Waals surface area contributed by atoms with Gasteiger partial charge in [-0.15, -0.1) is 0 Å². The maximum atomic E-state index is 12.9. The number of benzene rings is 2. The summed E-state index contributed by atoms with van der Waals surface area (Å²) in [7, 11) is 3.22. The van der Waals surface area contributed by atoms with Crippen LogP contribution >= 0.6 is 11.6 Å². The minimum atomic E-state index is -0.234. The summed E-state index contributed by atoms with van der Waals surface area (Å²) in [5.74, 6) is 0.173. The molecule has 0 unspecified atom stereocenters. The van der Waals surface area contributed by atoms with Gasteiger partial charge >= 0.3 is 0 Å². The van der Waals surface area contributed by atoms with Crippen molar-refractivity contribution in [3.8, 4) is 5.75 Å². The number of nitrogens with two attached hydrogens (primary N) is 1. The minimum Gasteiger partial charge on any atom is -0.496 e. The van der Waals surface area contributed by atoms with Crippen LogP contribution in [-0.2, 0) is 17.6 Å². The Labute approximate surface area is 182 Å². The van der Waals surface area contributed by atoms with E-state index in [1.165, 1.54) is 18.2 Å². The third-order valence-electron chi connectivity index (χ3n) is 6.32. The molecule has 1 saturated heterocycles. The number of carbonyl (C=O) groups excluding carboxylic acids is 1. The average Bonchev–Trinajstić information content (AvgIpc) is 3.19. The number of ether oxygens (including phenoxy) is 2. The molecule has 1 aliphatic carbocycles. The number of hydrogen-bond acceptors (Lipinski definition) is 5. The quantitative estimate of drug-likeness (QED) is 0.714. The second-order valence-electron chi connectivity index (χ2n) is 8.04. The van der Waals surface area contributed by atoms with Crippen molar-refractivity contribution >= 4 is 23.2 Å². The van der Waals surface area contributed by atoms with E-state index >= 15 is 0 Å². The molecule has 30 heavy (non-hydrogen) atoms. The summed E-state index contributed by atoms with van der Waals surface area (Å²) in [5.41, 5.74) is 9.47. The molecular formula is C23H28ClN3O3. The summed E-state index contributed by atoms with van der Waals surface area (Å²) < 4.78 is 11.1. The Kier molecular flexibility index (Phi) is 6.18. The second kappa shape index (κ2) is 8.84. The lowest BCUT2D eigenvalue weighted by Gasteiger charge is -2.41. The van der Waals surface area contributed by atoms with Crippen LogP contribution in [0.5, 0.6) is 5.75 Å². The SMILES string of the molecule is COc1cc(N)c(Cl)cc1C(=O)N[C@@H]1CCN(C2Cc3ccccc3C2)C[C@@H]1OC. The topological polar surface area (TPSA) is 76.8 Å². The molecule has 6 nitrogen and oxygen atoms in total. The van der Waals surface area contributed by atoms with Crippen molar-refractivity contribution in [3.05, 3.63) is 58.1 Å². The fourth-order valence-electron chi connectivity index (χ4n) is 4.63. The van der Waals surface area contributed by atoms with Gasteiger partial charge in [-0.25, -0.2) is 0 Å². The maximum Gasteiger partial charge on any atom is 0.255 e. The van der Waals surface area contributed by atoms with E-state index in [0.29, 0.717) is 28.1 Å². The van der Waals surface area contributed by atoms with Crippen LogP contribution in [0.1, 0.15) is 27.9 Å². The molecule has 2 atom stereocenters. The molecule has 4 rings (SSSR count). The highest BCUT2D eigenvalue weighted by molar-refractivity contribution is 6.33. The molecule has 7 heteroatoms. The number of anilines is 1. The number of nitrogen functional groups attached to an aromatic ring is 1. The van der Waals surface area contributed by atoms with Crippen LogP contribution in [0.25, 0.3) is 0 Å². The fraction of sp³-hybridized carbons (Fsp3) is 0.435. The van der Waals surface area contributed by atoms with Gasteiger partial charge in [0, 0.05) is 32.3 Å². The largest absolute Gasteiger partial charge is 0.496 e. The zero-order chi connectivity index (χ0) is 21.3. The number of nitrogens with zero attached hydrogens (tertiary/aromatic N) is 1. The molecule has 0 saturated carbocycles. The van der Waals surface area contributed by atoms with E-state index in [4.69, 9.17) is 26.8 Å². The van der Waals surface area contributed by atoms with Gasteiger partial charge in [-0.1, -0.05) is 35.9 Å². The molecule has 1 aliphatic heterocycles. The van der Waals surface area contributed by atoms with Gasteiger partial charge in [0.1, 0.15) is 5.75 Å². The van der Waals surface area contributed by atoms with Crippen LogP contribution in [0, 0.1) is 0 Å². The molecule has 0 aromatic heterocycles. The highest BCUT2D eigenvalue weighted by atomic mass is 35.5. The normalized spacial score (nSPS) is 22.0. The molecule has 160 valence electrons. The Morgan fingerprint density at radius 2 is 1.90 bits per heavy atom. The number of fused-ring (bicyclic) bond motifs is 1. The minimum absolute atomic E-state index is 0.0800. The van der Waals surface area contributed by atoms with E-state index in [0.717, 1.165) is 32.4 Å². The Balaban J connectivity index is 1.42. The number of amides is 1. The summed E-state index contributed by atoms with van der Waals surface area (Å²) in [5, 5.41) is 3.45. The average molecular weight is 430 g/mol. The molecule has 2 aromatic carbocycles. The smallest absolute Gasteiger partial charge is 0.255 e. The molecule has 1 heterocycles. The predicted molar refractivity (Wildman–Crippen MR) is 118 cm³/mol. The Morgan fingerprint density at radius 1 is 1.20 bits per heavy atom. The van der Waals surface area contributed by atoms with Crippen molar-refractivity contribution in [2.24, 2.45) is 0 Å². The summed E-state index contributed by atoms with van der Waals surface area (Å²) in [6, 6.07) is 12.2. The number of piperidine rings is 1. The lowest BCUT2D eigenvalue weighted by atomic mass is 9.98. The van der Waals surface area contributed by atoms with Gasteiger partial charge in [0.25, 0.3) is 5.91 Å². The zero-order valence-corrected chi connectivity index (χ0v) is 18.1. The van der Waals surface area contributed by atoms with Crippen molar-refractivity contribution < 1.29 is 14.3 Å². The number of rotatable bonds is 5. The maximum absolute atomic E-state index is 12.9. The lowest BCUT2D eigenvalue weighted by molar-refractivity contribution is -0.00627. The number of methoxy groups -OCH3 is 2. The number of hydrogen-bond donors (Lipinski definition) is 2. The molecular weight excluding hydrogens is 402 g/mol. The van der Waals surface area contributed by atoms with E-state index in [1.54, 1.807) is 19.2 Å². The number of carbonyl (C=O) groups is 1. The number of halogens is 1. The van der Waals surface area contributed by atoms with Gasteiger partial charge in [-0.3, -0.25) is 9.69 Å². The van der Waals surface area contributed by atoms with E-state index in [1.807, 2.05) is 0 Å². The summed E-state index contributed by atoms with van der Waals surface area (Å²) in [6.45, 7) is 1.71. The van der Waals surface area contributed by atoms with Crippen LogP contribution in [-0.4, -0.2) is 56.3 Å². The van der Waals surface area contributed by atoms with Crippen molar-refractivity contribution in [1.82, 2.24) is 10.2 Å². The first-order valence-corrected chi connectivity index (χ1v) is 10.7. The third-order valence-corrected chi connectivity index (χ3v) is 6.65. The number of likely N-dealkylation sites (tertiary alicyclic amines) is 1. The fourth-order valence-corrected chi connectivity index (χ4v) is 4.80. The van der Waals surface area contributed by atoms with E-state index in [9.17, 15) is 4.79 Å². The Hall–Kier alpha value is -2.28. The molecule has 1 fully saturated rings. The molecule has 2 aromatic rings. The monoisotopic (exact) mass is 429 g/mol. The Bertz CT molecular complexity index is 911. The summed E-state index contributed by atoms with van der Waals surface area (Å²) in [4.78, 5) is 15.4. The van der Waals surface area contributed by atoms with Crippen LogP contribution in [0.15, 0.2) is 36.4 Å². The van der Waals surface area contributed by atoms with Gasteiger partial charge < -0.3 is 20.5 Å². The van der Waals surface area contributed by atoms with Gasteiger partial charge in [0.2, 0.25) is 0 Å². The highest BCUT2D eigenvalue weighted by Crippen LogP contribution is 2.30.